The minimum Gasteiger partial charge on any atom is -0.363 e. The highest BCUT2D eigenvalue weighted by Gasteiger charge is 2.46. The fraction of sp³-hybridized carbons (Fsp3) is 0.471. The Labute approximate surface area is 250 Å². The number of fused-ring (bicyclic) bond motifs is 3. The molecule has 8 nitrogen and oxygen atoms in total. The number of amides is 4. The number of halogens is 1. The van der Waals surface area contributed by atoms with Gasteiger partial charge in [0, 0.05) is 43.8 Å². The van der Waals surface area contributed by atoms with Gasteiger partial charge < -0.3 is 4.90 Å². The van der Waals surface area contributed by atoms with Crippen LogP contribution < -0.4 is 10.2 Å². The Morgan fingerprint density at radius 2 is 1.58 bits per heavy atom. The molecule has 9 heteroatoms. The number of anilines is 1. The molecular formula is C34H37FN4O4. The van der Waals surface area contributed by atoms with Crippen LogP contribution in [0.2, 0.25) is 0 Å². The second-order valence-corrected chi connectivity index (χ2v) is 13.6. The summed E-state index contributed by atoms with van der Waals surface area (Å²) in [7, 11) is 0. The van der Waals surface area contributed by atoms with E-state index in [2.05, 4.69) is 29.0 Å². The number of likely N-dealkylation sites (tertiary alicyclic amines) is 1. The van der Waals surface area contributed by atoms with Crippen LogP contribution in [0.1, 0.15) is 85.1 Å². The van der Waals surface area contributed by atoms with E-state index in [1.807, 2.05) is 24.3 Å². The highest BCUT2D eigenvalue weighted by Crippen LogP contribution is 2.44. The molecule has 0 spiro atoms. The summed E-state index contributed by atoms with van der Waals surface area (Å²) in [6.45, 7) is 7.34. The molecule has 4 heterocycles. The van der Waals surface area contributed by atoms with Crippen molar-refractivity contribution < 1.29 is 23.6 Å². The van der Waals surface area contributed by atoms with Crippen LogP contribution in [0.5, 0.6) is 0 Å². The Morgan fingerprint density at radius 1 is 0.884 bits per heavy atom. The molecule has 7 rings (SSSR count). The van der Waals surface area contributed by atoms with Crippen molar-refractivity contribution in [3.8, 4) is 0 Å². The molecule has 0 aromatic heterocycles. The second kappa shape index (κ2) is 10.4. The summed E-state index contributed by atoms with van der Waals surface area (Å²) in [4.78, 5) is 56.7. The van der Waals surface area contributed by atoms with E-state index < -0.39 is 23.8 Å². The lowest BCUT2D eigenvalue weighted by molar-refractivity contribution is -0.136. The molecule has 3 unspecified atom stereocenters. The number of carbonyl (C=O) groups excluding carboxylic acids is 4. The SMILES string of the molecule is CC1(C)CCC(CN2CC3CCC(C2)N3c2ccc3c(c2)C(=O)N(C2CCC(=O)NC2=O)C3=O)=C(c2ccc(F)cc2)C1. The smallest absolute Gasteiger partial charge is 0.262 e. The number of hydrogen-bond donors (Lipinski definition) is 1. The quantitative estimate of drug-likeness (QED) is 0.519. The van der Waals surface area contributed by atoms with Crippen molar-refractivity contribution in [3.05, 3.63) is 70.5 Å². The third-order valence-corrected chi connectivity index (χ3v) is 10.1. The molecule has 4 aliphatic heterocycles. The van der Waals surface area contributed by atoms with E-state index in [1.165, 1.54) is 11.1 Å². The van der Waals surface area contributed by atoms with Gasteiger partial charge >= 0.3 is 0 Å². The first-order valence-corrected chi connectivity index (χ1v) is 15.4. The van der Waals surface area contributed by atoms with Crippen molar-refractivity contribution in [3.63, 3.8) is 0 Å². The number of nitrogens with one attached hydrogen (secondary N) is 1. The van der Waals surface area contributed by atoms with E-state index >= 15 is 0 Å². The molecule has 43 heavy (non-hydrogen) atoms. The normalized spacial score (nSPS) is 27.2. The minimum absolute atomic E-state index is 0.1000. The number of imide groups is 2. The Bertz CT molecular complexity index is 1550. The number of piperazine rings is 1. The number of carbonyl (C=O) groups is 4. The Morgan fingerprint density at radius 3 is 2.28 bits per heavy atom. The fourth-order valence-corrected chi connectivity index (χ4v) is 7.89. The minimum atomic E-state index is -0.965. The van der Waals surface area contributed by atoms with E-state index in [0.717, 1.165) is 67.9 Å². The molecule has 4 amide bonds. The molecule has 3 fully saturated rings. The van der Waals surface area contributed by atoms with Gasteiger partial charge in [0.05, 0.1) is 11.1 Å². The molecule has 1 aliphatic carbocycles. The van der Waals surface area contributed by atoms with Crippen LogP contribution in [0, 0.1) is 11.2 Å². The molecule has 3 atom stereocenters. The van der Waals surface area contributed by atoms with Gasteiger partial charge in [-0.3, -0.25) is 34.3 Å². The summed E-state index contributed by atoms with van der Waals surface area (Å²) in [5.41, 5.74) is 5.71. The molecule has 2 aromatic carbocycles. The zero-order chi connectivity index (χ0) is 30.0. The van der Waals surface area contributed by atoms with Crippen molar-refractivity contribution in [1.82, 2.24) is 15.1 Å². The topological polar surface area (TPSA) is 90.0 Å². The third-order valence-electron chi connectivity index (χ3n) is 10.1. The van der Waals surface area contributed by atoms with Gasteiger partial charge in [-0.1, -0.05) is 31.6 Å². The highest BCUT2D eigenvalue weighted by atomic mass is 19.1. The molecule has 3 saturated heterocycles. The summed E-state index contributed by atoms with van der Waals surface area (Å²) in [5, 5.41) is 2.25. The number of allylic oxidation sites excluding steroid dienone is 1. The lowest BCUT2D eigenvalue weighted by Gasteiger charge is -2.44. The van der Waals surface area contributed by atoms with Crippen LogP contribution in [-0.2, 0) is 9.59 Å². The number of hydrogen-bond acceptors (Lipinski definition) is 6. The molecule has 2 aromatic rings. The van der Waals surface area contributed by atoms with Crippen molar-refractivity contribution in [2.75, 3.05) is 24.5 Å². The van der Waals surface area contributed by atoms with Gasteiger partial charge in [0.2, 0.25) is 11.8 Å². The first-order valence-electron chi connectivity index (χ1n) is 15.4. The zero-order valence-electron chi connectivity index (χ0n) is 24.7. The monoisotopic (exact) mass is 584 g/mol. The van der Waals surface area contributed by atoms with Gasteiger partial charge in [0.25, 0.3) is 11.8 Å². The average molecular weight is 585 g/mol. The van der Waals surface area contributed by atoms with Gasteiger partial charge in [-0.2, -0.15) is 0 Å². The standard InChI is InChI=1S/C34H37FN4O4/c1-34(2)14-13-21(28(16-34)20-3-5-22(35)6-4-20)17-37-18-24-7-8-25(19-37)38(24)23-9-10-26-27(15-23)33(43)39(32(26)42)29-11-12-30(40)36-31(29)41/h3-6,9-10,15,24-25,29H,7-8,11-14,16-19H2,1-2H3,(H,36,40,41). The maximum Gasteiger partial charge on any atom is 0.262 e. The van der Waals surface area contributed by atoms with Crippen LogP contribution in [0.4, 0.5) is 10.1 Å². The average Bonchev–Trinajstić information content (AvgIpc) is 3.38. The Hall–Kier alpha value is -3.85. The molecule has 224 valence electrons. The number of benzene rings is 2. The van der Waals surface area contributed by atoms with Crippen molar-refractivity contribution in [2.24, 2.45) is 5.41 Å². The molecule has 1 N–H and O–H groups in total. The van der Waals surface area contributed by atoms with Crippen LogP contribution in [0.25, 0.3) is 5.57 Å². The fourth-order valence-electron chi connectivity index (χ4n) is 7.89. The van der Waals surface area contributed by atoms with Crippen LogP contribution in [0.3, 0.4) is 0 Å². The van der Waals surface area contributed by atoms with Crippen molar-refractivity contribution >= 4 is 34.9 Å². The van der Waals surface area contributed by atoms with Crippen molar-refractivity contribution in [1.29, 1.82) is 0 Å². The number of piperidine rings is 1. The number of nitrogens with zero attached hydrogens (tertiary/aromatic N) is 3. The summed E-state index contributed by atoms with van der Waals surface area (Å²) in [5.74, 6) is -2.14. The maximum atomic E-state index is 13.7. The second-order valence-electron chi connectivity index (χ2n) is 13.6. The summed E-state index contributed by atoms with van der Waals surface area (Å²) < 4.78 is 13.7. The zero-order valence-corrected chi connectivity index (χ0v) is 24.7. The first kappa shape index (κ1) is 28.0. The van der Waals surface area contributed by atoms with Gasteiger partial charge in [-0.25, -0.2) is 4.39 Å². The van der Waals surface area contributed by atoms with Crippen LogP contribution in [-0.4, -0.2) is 71.2 Å². The highest BCUT2D eigenvalue weighted by molar-refractivity contribution is 6.23. The predicted octanol–water partition coefficient (Wildman–Crippen LogP) is 4.54. The summed E-state index contributed by atoms with van der Waals surface area (Å²) in [6.07, 6.45) is 5.53. The van der Waals surface area contributed by atoms with Crippen LogP contribution >= 0.6 is 0 Å². The van der Waals surface area contributed by atoms with E-state index in [-0.39, 0.29) is 30.0 Å². The van der Waals surface area contributed by atoms with E-state index in [9.17, 15) is 23.6 Å². The molecule has 5 aliphatic rings. The summed E-state index contributed by atoms with van der Waals surface area (Å²) in [6, 6.07) is 12.0. The van der Waals surface area contributed by atoms with Gasteiger partial charge in [0.15, 0.2) is 0 Å². The molecule has 0 saturated carbocycles. The Balaban J connectivity index is 1.10. The molecule has 0 radical (unpaired) electrons. The van der Waals surface area contributed by atoms with E-state index in [4.69, 9.17) is 0 Å². The lowest BCUT2D eigenvalue weighted by Crippen LogP contribution is -2.54. The van der Waals surface area contributed by atoms with E-state index in [1.54, 1.807) is 18.2 Å². The van der Waals surface area contributed by atoms with Crippen molar-refractivity contribution in [2.45, 2.75) is 76.9 Å². The predicted molar refractivity (Wildman–Crippen MR) is 160 cm³/mol. The van der Waals surface area contributed by atoms with Gasteiger partial charge in [-0.15, -0.1) is 0 Å². The number of rotatable bonds is 5. The first-order chi connectivity index (χ1) is 20.6. The summed E-state index contributed by atoms with van der Waals surface area (Å²) >= 11 is 0. The molecule has 2 bridgehead atoms. The molecular weight excluding hydrogens is 547 g/mol. The largest absolute Gasteiger partial charge is 0.363 e. The van der Waals surface area contributed by atoms with Gasteiger partial charge in [-0.05, 0) is 85.4 Å². The van der Waals surface area contributed by atoms with E-state index in [0.29, 0.717) is 23.2 Å². The maximum absolute atomic E-state index is 13.7. The van der Waals surface area contributed by atoms with Crippen LogP contribution in [0.15, 0.2) is 48.0 Å². The Kier molecular flexibility index (Phi) is 6.76. The lowest BCUT2D eigenvalue weighted by atomic mass is 9.72. The third kappa shape index (κ3) is 4.97. The van der Waals surface area contributed by atoms with Gasteiger partial charge in [0.1, 0.15) is 11.9 Å².